The number of benzene rings is 3. The van der Waals surface area contributed by atoms with Gasteiger partial charge in [-0.1, -0.05) is 35.9 Å². The van der Waals surface area contributed by atoms with Crippen LogP contribution in [0.4, 0.5) is 16.2 Å². The quantitative estimate of drug-likeness (QED) is 0.199. The second kappa shape index (κ2) is 11.4. The summed E-state index contributed by atoms with van der Waals surface area (Å²) in [5.41, 5.74) is 2.77. The lowest BCUT2D eigenvalue weighted by atomic mass is 10.2. The summed E-state index contributed by atoms with van der Waals surface area (Å²) in [7, 11) is 0. The van der Waals surface area contributed by atoms with Crippen molar-refractivity contribution in [3.8, 4) is 5.75 Å². The summed E-state index contributed by atoms with van der Waals surface area (Å²) in [6.07, 6.45) is 1.58. The van der Waals surface area contributed by atoms with Crippen molar-refractivity contribution in [1.82, 2.24) is 4.90 Å². The molecule has 188 valence electrons. The summed E-state index contributed by atoms with van der Waals surface area (Å²) in [5.74, 6) is -0.349. The highest BCUT2D eigenvalue weighted by atomic mass is 79.9. The Bertz CT molecular complexity index is 1420. The minimum atomic E-state index is -0.529. The van der Waals surface area contributed by atoms with E-state index < -0.39 is 16.1 Å². The van der Waals surface area contributed by atoms with E-state index in [2.05, 4.69) is 21.2 Å². The molecule has 4 rings (SSSR count). The van der Waals surface area contributed by atoms with Gasteiger partial charge in [-0.2, -0.15) is 0 Å². The molecule has 0 aromatic heterocycles. The van der Waals surface area contributed by atoms with Gasteiger partial charge in [-0.25, -0.2) is 0 Å². The Hall–Kier alpha value is -3.96. The summed E-state index contributed by atoms with van der Waals surface area (Å²) in [5, 5.41) is 13.3. The zero-order valence-electron chi connectivity index (χ0n) is 19.5. The number of hydrogen-bond donors (Lipinski definition) is 1. The predicted octanol–water partition coefficient (Wildman–Crippen LogP) is 5.92. The van der Waals surface area contributed by atoms with Crippen LogP contribution in [-0.4, -0.2) is 33.5 Å². The van der Waals surface area contributed by atoms with Crippen molar-refractivity contribution in [3.63, 3.8) is 0 Å². The van der Waals surface area contributed by atoms with Crippen molar-refractivity contribution in [2.75, 3.05) is 11.9 Å². The third kappa shape index (κ3) is 6.63. The average Bonchev–Trinajstić information content (AvgIpc) is 3.12. The lowest BCUT2D eigenvalue weighted by Crippen LogP contribution is -2.27. The number of carbonyl (C=O) groups excluding carboxylic acids is 3. The van der Waals surface area contributed by atoms with E-state index in [4.69, 9.17) is 4.74 Å². The molecule has 1 saturated heterocycles. The Morgan fingerprint density at radius 2 is 1.89 bits per heavy atom. The zero-order chi connectivity index (χ0) is 26.5. The van der Waals surface area contributed by atoms with E-state index in [0.717, 1.165) is 22.2 Å². The van der Waals surface area contributed by atoms with Crippen molar-refractivity contribution in [1.29, 1.82) is 0 Å². The molecule has 0 unspecified atom stereocenters. The molecule has 1 heterocycles. The number of non-ortho nitro benzene ring substituents is 1. The van der Waals surface area contributed by atoms with Crippen molar-refractivity contribution in [2.45, 2.75) is 13.5 Å². The lowest BCUT2D eigenvalue weighted by molar-refractivity contribution is -0.384. The maximum atomic E-state index is 12.8. The molecule has 1 fully saturated rings. The number of nitro groups is 1. The maximum absolute atomic E-state index is 12.8. The molecule has 0 aliphatic carbocycles. The van der Waals surface area contributed by atoms with Crippen LogP contribution in [0.3, 0.4) is 0 Å². The molecule has 37 heavy (non-hydrogen) atoms. The molecule has 0 bridgehead atoms. The first-order chi connectivity index (χ1) is 17.7. The molecule has 0 radical (unpaired) electrons. The molecule has 1 aliphatic rings. The minimum Gasteiger partial charge on any atom is -0.483 e. The van der Waals surface area contributed by atoms with Crippen molar-refractivity contribution < 1.29 is 24.0 Å². The van der Waals surface area contributed by atoms with E-state index in [-0.39, 0.29) is 29.7 Å². The van der Waals surface area contributed by atoms with Gasteiger partial charge in [-0.3, -0.25) is 29.4 Å². The highest BCUT2D eigenvalue weighted by Crippen LogP contribution is 2.35. The number of carbonyl (C=O) groups is 3. The monoisotopic (exact) mass is 581 g/mol. The molecular weight excluding hydrogens is 562 g/mol. The van der Waals surface area contributed by atoms with Gasteiger partial charge in [0.2, 0.25) is 0 Å². The number of nitro benzene ring substituents is 1. The summed E-state index contributed by atoms with van der Waals surface area (Å²) in [6.45, 7) is 1.70. The fourth-order valence-electron chi connectivity index (χ4n) is 3.44. The first-order valence-electron chi connectivity index (χ1n) is 11.0. The first-order valence-corrected chi connectivity index (χ1v) is 12.6. The number of rotatable bonds is 8. The largest absolute Gasteiger partial charge is 0.483 e. The van der Waals surface area contributed by atoms with Crippen LogP contribution in [0, 0.1) is 17.0 Å². The van der Waals surface area contributed by atoms with Gasteiger partial charge in [0.1, 0.15) is 5.75 Å². The van der Waals surface area contributed by atoms with Crippen LogP contribution >= 0.6 is 27.7 Å². The van der Waals surface area contributed by atoms with E-state index in [9.17, 15) is 24.5 Å². The first kappa shape index (κ1) is 26.1. The van der Waals surface area contributed by atoms with E-state index in [0.29, 0.717) is 27.0 Å². The Balaban J connectivity index is 1.39. The lowest BCUT2D eigenvalue weighted by Gasteiger charge is -2.12. The normalized spacial score (nSPS) is 14.2. The van der Waals surface area contributed by atoms with E-state index >= 15 is 0 Å². The highest BCUT2D eigenvalue weighted by Gasteiger charge is 2.35. The van der Waals surface area contributed by atoms with Crippen LogP contribution in [0.1, 0.15) is 16.7 Å². The van der Waals surface area contributed by atoms with Gasteiger partial charge >= 0.3 is 0 Å². The number of imide groups is 1. The zero-order valence-corrected chi connectivity index (χ0v) is 21.9. The second-order valence-corrected chi connectivity index (χ2v) is 9.94. The molecule has 3 aromatic carbocycles. The molecular formula is C26H20BrN3O6S. The van der Waals surface area contributed by atoms with Crippen LogP contribution in [-0.2, 0) is 16.1 Å². The van der Waals surface area contributed by atoms with Gasteiger partial charge in [-0.15, -0.1) is 0 Å². The summed E-state index contributed by atoms with van der Waals surface area (Å²) in [6, 6.07) is 18.3. The van der Waals surface area contributed by atoms with Gasteiger partial charge in [0, 0.05) is 17.8 Å². The number of nitrogens with zero attached hydrogens (tertiary/aromatic N) is 2. The van der Waals surface area contributed by atoms with Gasteiger partial charge in [-0.05, 0) is 76.1 Å². The minimum absolute atomic E-state index is 0.0647. The van der Waals surface area contributed by atoms with Crippen LogP contribution in [0.5, 0.6) is 5.75 Å². The second-order valence-electron chi connectivity index (χ2n) is 8.09. The standard InChI is InChI=1S/C26H20BrN3O6S/c1-16-5-8-19(9-6-16)28-24(31)15-36-22-10-7-17(12-21(22)27)13-23-25(32)29(26(33)37-23)14-18-3-2-4-20(11-18)30(34)35/h2-13H,14-15H2,1H3,(H,28,31). The van der Waals surface area contributed by atoms with Crippen molar-refractivity contribution in [3.05, 3.63) is 103 Å². The van der Waals surface area contributed by atoms with Crippen LogP contribution < -0.4 is 10.1 Å². The molecule has 0 spiro atoms. The number of amides is 3. The van der Waals surface area contributed by atoms with E-state index in [1.807, 2.05) is 31.2 Å². The van der Waals surface area contributed by atoms with Crippen LogP contribution in [0.15, 0.2) is 76.1 Å². The third-order valence-corrected chi connectivity index (χ3v) is 6.81. The number of anilines is 1. The summed E-state index contributed by atoms with van der Waals surface area (Å²) >= 11 is 4.21. The molecule has 0 saturated carbocycles. The number of hydrogen-bond acceptors (Lipinski definition) is 7. The predicted molar refractivity (Wildman–Crippen MR) is 144 cm³/mol. The van der Waals surface area contributed by atoms with E-state index in [1.165, 1.54) is 18.2 Å². The molecule has 0 atom stereocenters. The molecule has 1 aliphatic heterocycles. The Kier molecular flexibility index (Phi) is 8.04. The number of ether oxygens (including phenoxy) is 1. The van der Waals surface area contributed by atoms with Gasteiger partial charge in [0.15, 0.2) is 6.61 Å². The molecule has 1 N–H and O–H groups in total. The van der Waals surface area contributed by atoms with Gasteiger partial charge < -0.3 is 10.1 Å². The fraction of sp³-hybridized carbons (Fsp3) is 0.115. The van der Waals surface area contributed by atoms with Crippen LogP contribution in [0.2, 0.25) is 0 Å². The Morgan fingerprint density at radius 3 is 2.59 bits per heavy atom. The summed E-state index contributed by atoms with van der Waals surface area (Å²) < 4.78 is 6.18. The van der Waals surface area contributed by atoms with Crippen molar-refractivity contribution in [2.24, 2.45) is 0 Å². The number of thioether (sulfide) groups is 1. The number of halogens is 1. The van der Waals surface area contributed by atoms with Crippen molar-refractivity contribution >= 4 is 62.2 Å². The number of aryl methyl sites for hydroxylation is 1. The number of nitrogens with one attached hydrogen (secondary N) is 1. The molecule has 11 heteroatoms. The average molecular weight is 582 g/mol. The highest BCUT2D eigenvalue weighted by molar-refractivity contribution is 9.10. The molecule has 3 amide bonds. The van der Waals surface area contributed by atoms with E-state index in [1.54, 1.807) is 30.3 Å². The van der Waals surface area contributed by atoms with Gasteiger partial charge in [0.05, 0.1) is 20.8 Å². The third-order valence-electron chi connectivity index (χ3n) is 5.28. The smallest absolute Gasteiger partial charge is 0.293 e. The summed E-state index contributed by atoms with van der Waals surface area (Å²) in [4.78, 5) is 49.2. The molecule has 3 aromatic rings. The van der Waals surface area contributed by atoms with Crippen LogP contribution in [0.25, 0.3) is 6.08 Å². The maximum Gasteiger partial charge on any atom is 0.293 e. The van der Waals surface area contributed by atoms with Gasteiger partial charge in [0.25, 0.3) is 22.7 Å². The molecule has 9 nitrogen and oxygen atoms in total. The topological polar surface area (TPSA) is 119 Å². The fourth-order valence-corrected chi connectivity index (χ4v) is 4.79. The SMILES string of the molecule is Cc1ccc(NC(=O)COc2ccc(C=C3SC(=O)N(Cc4cccc([N+](=O)[O-])c4)C3=O)cc2Br)cc1. The Labute approximate surface area is 224 Å². The Morgan fingerprint density at radius 1 is 1.14 bits per heavy atom.